The molecule has 0 atom stereocenters. The van der Waals surface area contributed by atoms with Crippen LogP contribution in [0.2, 0.25) is 0 Å². The summed E-state index contributed by atoms with van der Waals surface area (Å²) in [6.45, 7) is 10.9. The van der Waals surface area contributed by atoms with Gasteiger partial charge < -0.3 is 14.4 Å². The summed E-state index contributed by atoms with van der Waals surface area (Å²) in [5.74, 6) is 0. The summed E-state index contributed by atoms with van der Waals surface area (Å²) < 4.78 is 11.2. The monoisotopic (exact) mass is 255 g/mol. The average Bonchev–Trinajstić information content (AvgIpc) is 2.24. The van der Waals surface area contributed by atoms with Gasteiger partial charge in [-0.25, -0.2) is 0 Å². The first-order valence-corrected chi connectivity index (χ1v) is 7.32. The fourth-order valence-electron chi connectivity index (χ4n) is 3.37. The van der Waals surface area contributed by atoms with Gasteiger partial charge in [-0.3, -0.25) is 0 Å². The van der Waals surface area contributed by atoms with Gasteiger partial charge in [-0.2, -0.15) is 0 Å². The SMILES string of the molecule is COCCN1CCC2(CC1)CC(OC(C)(C)C)C2. The Labute approximate surface area is 112 Å². The van der Waals surface area contributed by atoms with E-state index in [9.17, 15) is 0 Å². The molecule has 3 nitrogen and oxygen atoms in total. The third-order valence-electron chi connectivity index (χ3n) is 4.37. The van der Waals surface area contributed by atoms with Crippen molar-refractivity contribution >= 4 is 0 Å². The van der Waals surface area contributed by atoms with Crippen LogP contribution in [0.15, 0.2) is 0 Å². The molecule has 1 heterocycles. The Morgan fingerprint density at radius 3 is 2.28 bits per heavy atom. The molecule has 1 spiro atoms. The summed E-state index contributed by atoms with van der Waals surface area (Å²) in [4.78, 5) is 2.53. The molecule has 0 bridgehead atoms. The molecular formula is C15H29NO2. The second-order valence-electron chi connectivity index (χ2n) is 7.09. The van der Waals surface area contributed by atoms with E-state index in [1.807, 2.05) is 0 Å². The Kier molecular flexibility index (Phi) is 4.35. The molecular weight excluding hydrogens is 226 g/mol. The molecule has 0 radical (unpaired) electrons. The van der Waals surface area contributed by atoms with Crippen molar-refractivity contribution in [3.05, 3.63) is 0 Å². The first-order chi connectivity index (χ1) is 8.42. The van der Waals surface area contributed by atoms with Crippen LogP contribution in [0.5, 0.6) is 0 Å². The predicted octanol–water partition coefficient (Wildman–Crippen LogP) is 2.69. The van der Waals surface area contributed by atoms with Crippen molar-refractivity contribution in [2.24, 2.45) is 5.41 Å². The first-order valence-electron chi connectivity index (χ1n) is 7.32. The van der Waals surface area contributed by atoms with Gasteiger partial charge in [0.05, 0.1) is 18.3 Å². The Balaban J connectivity index is 1.69. The lowest BCUT2D eigenvalue weighted by Crippen LogP contribution is -2.51. The van der Waals surface area contributed by atoms with Gasteiger partial charge in [0.25, 0.3) is 0 Å². The van der Waals surface area contributed by atoms with Crippen LogP contribution in [0.1, 0.15) is 46.5 Å². The molecule has 2 rings (SSSR count). The number of hydrogen-bond acceptors (Lipinski definition) is 3. The van der Waals surface area contributed by atoms with E-state index in [2.05, 4.69) is 25.7 Å². The van der Waals surface area contributed by atoms with Crippen LogP contribution in [0.4, 0.5) is 0 Å². The minimum atomic E-state index is 0.0193. The van der Waals surface area contributed by atoms with Gasteiger partial charge in [-0.05, 0) is 65.0 Å². The molecule has 18 heavy (non-hydrogen) atoms. The van der Waals surface area contributed by atoms with Gasteiger partial charge in [-0.15, -0.1) is 0 Å². The number of ether oxygens (including phenoxy) is 2. The molecule has 0 N–H and O–H groups in total. The number of hydrogen-bond donors (Lipinski definition) is 0. The van der Waals surface area contributed by atoms with Gasteiger partial charge >= 0.3 is 0 Å². The van der Waals surface area contributed by atoms with E-state index in [-0.39, 0.29) is 5.60 Å². The normalized spacial score (nSPS) is 25.3. The van der Waals surface area contributed by atoms with Crippen LogP contribution in [-0.2, 0) is 9.47 Å². The maximum atomic E-state index is 6.06. The lowest BCUT2D eigenvalue weighted by molar-refractivity contribution is -0.156. The Morgan fingerprint density at radius 2 is 1.78 bits per heavy atom. The second-order valence-corrected chi connectivity index (χ2v) is 7.09. The van der Waals surface area contributed by atoms with Crippen molar-refractivity contribution in [1.82, 2.24) is 4.90 Å². The Hall–Kier alpha value is -0.120. The van der Waals surface area contributed by atoms with Gasteiger partial charge in [0.15, 0.2) is 0 Å². The predicted molar refractivity (Wildman–Crippen MR) is 73.8 cm³/mol. The van der Waals surface area contributed by atoms with E-state index in [0.717, 1.165) is 13.2 Å². The third kappa shape index (κ3) is 3.69. The quantitative estimate of drug-likeness (QED) is 0.771. The highest BCUT2D eigenvalue weighted by molar-refractivity contribution is 4.98. The summed E-state index contributed by atoms with van der Waals surface area (Å²) in [5, 5.41) is 0. The number of rotatable bonds is 4. The van der Waals surface area contributed by atoms with Gasteiger partial charge in [-0.1, -0.05) is 0 Å². The van der Waals surface area contributed by atoms with E-state index >= 15 is 0 Å². The minimum Gasteiger partial charge on any atom is -0.383 e. The first kappa shape index (κ1) is 14.3. The molecule has 2 fully saturated rings. The molecule has 1 aliphatic heterocycles. The van der Waals surface area contributed by atoms with Crippen molar-refractivity contribution in [3.8, 4) is 0 Å². The van der Waals surface area contributed by atoms with Crippen LogP contribution < -0.4 is 0 Å². The lowest BCUT2D eigenvalue weighted by atomic mass is 9.61. The molecule has 1 aliphatic carbocycles. The fraction of sp³-hybridized carbons (Fsp3) is 1.00. The van der Waals surface area contributed by atoms with Gasteiger partial charge in [0.1, 0.15) is 0 Å². The molecule has 0 unspecified atom stereocenters. The second kappa shape index (κ2) is 5.48. The van der Waals surface area contributed by atoms with Crippen LogP contribution in [0, 0.1) is 5.41 Å². The summed E-state index contributed by atoms with van der Waals surface area (Å²) in [7, 11) is 1.78. The van der Waals surface area contributed by atoms with Crippen molar-refractivity contribution < 1.29 is 9.47 Å². The molecule has 0 aromatic heterocycles. The van der Waals surface area contributed by atoms with Gasteiger partial charge in [0.2, 0.25) is 0 Å². The highest BCUT2D eigenvalue weighted by Gasteiger charge is 2.47. The summed E-state index contributed by atoms with van der Waals surface area (Å²) >= 11 is 0. The zero-order chi connectivity index (χ0) is 13.2. The van der Waals surface area contributed by atoms with Crippen LogP contribution >= 0.6 is 0 Å². The Bertz CT molecular complexity index is 256. The van der Waals surface area contributed by atoms with E-state index < -0.39 is 0 Å². The molecule has 2 aliphatic rings. The lowest BCUT2D eigenvalue weighted by Gasteiger charge is -2.53. The fourth-order valence-corrected chi connectivity index (χ4v) is 3.37. The number of piperidine rings is 1. The van der Waals surface area contributed by atoms with E-state index in [0.29, 0.717) is 11.5 Å². The summed E-state index contributed by atoms with van der Waals surface area (Å²) in [6, 6.07) is 0. The molecule has 0 aromatic rings. The molecule has 0 amide bonds. The Morgan fingerprint density at radius 1 is 1.17 bits per heavy atom. The van der Waals surface area contributed by atoms with Crippen molar-refractivity contribution in [2.75, 3.05) is 33.4 Å². The molecule has 1 saturated carbocycles. The highest BCUT2D eigenvalue weighted by Crippen LogP contribution is 2.51. The summed E-state index contributed by atoms with van der Waals surface area (Å²) in [6.07, 6.45) is 5.77. The zero-order valence-electron chi connectivity index (χ0n) is 12.5. The van der Waals surface area contributed by atoms with E-state index in [1.54, 1.807) is 7.11 Å². The van der Waals surface area contributed by atoms with Crippen LogP contribution in [0.3, 0.4) is 0 Å². The average molecular weight is 255 g/mol. The maximum absolute atomic E-state index is 6.06. The number of likely N-dealkylation sites (tertiary alicyclic amines) is 1. The minimum absolute atomic E-state index is 0.0193. The molecule has 0 aromatic carbocycles. The van der Waals surface area contributed by atoms with Crippen molar-refractivity contribution in [1.29, 1.82) is 0 Å². The topological polar surface area (TPSA) is 21.7 Å². The number of nitrogens with zero attached hydrogens (tertiary/aromatic N) is 1. The number of methoxy groups -OCH3 is 1. The maximum Gasteiger partial charge on any atom is 0.0602 e. The van der Waals surface area contributed by atoms with Crippen LogP contribution in [-0.4, -0.2) is 50.0 Å². The van der Waals surface area contributed by atoms with Crippen molar-refractivity contribution in [3.63, 3.8) is 0 Å². The van der Waals surface area contributed by atoms with E-state index in [4.69, 9.17) is 9.47 Å². The van der Waals surface area contributed by atoms with E-state index in [1.165, 1.54) is 38.8 Å². The third-order valence-corrected chi connectivity index (χ3v) is 4.37. The van der Waals surface area contributed by atoms with Crippen LogP contribution in [0.25, 0.3) is 0 Å². The zero-order valence-corrected chi connectivity index (χ0v) is 12.5. The van der Waals surface area contributed by atoms with Crippen molar-refractivity contribution in [2.45, 2.75) is 58.2 Å². The molecule has 1 saturated heterocycles. The smallest absolute Gasteiger partial charge is 0.0602 e. The largest absolute Gasteiger partial charge is 0.383 e. The standard InChI is InChI=1S/C15H29NO2/c1-14(2,3)18-13-11-15(12-13)5-7-16(8-6-15)9-10-17-4/h13H,5-12H2,1-4H3. The highest BCUT2D eigenvalue weighted by atomic mass is 16.5. The molecule has 3 heteroatoms. The summed E-state index contributed by atoms with van der Waals surface area (Å²) in [5.41, 5.74) is 0.630. The van der Waals surface area contributed by atoms with Gasteiger partial charge in [0, 0.05) is 13.7 Å². The molecule has 106 valence electrons.